The summed E-state index contributed by atoms with van der Waals surface area (Å²) in [4.78, 5) is 33.8. The number of nitrogens with zero attached hydrogens (tertiary/aromatic N) is 2. The summed E-state index contributed by atoms with van der Waals surface area (Å²) in [5, 5.41) is 22.4. The van der Waals surface area contributed by atoms with Gasteiger partial charge in [-0.2, -0.15) is 0 Å². The number of nitrogens with one attached hydrogen (secondary N) is 1. The van der Waals surface area contributed by atoms with Crippen molar-refractivity contribution >= 4 is 28.9 Å². The minimum atomic E-state index is -0.984. The van der Waals surface area contributed by atoms with E-state index in [1.165, 1.54) is 24.0 Å². The van der Waals surface area contributed by atoms with E-state index in [4.69, 9.17) is 5.11 Å². The zero-order chi connectivity index (χ0) is 16.3. The first-order chi connectivity index (χ1) is 10.4. The Kier molecular flexibility index (Phi) is 4.40. The SMILES string of the molecule is CC(=O)Nc1ccc(C2=CCN(C(=O)O)CC2)cc1[N+](=O)[O-]. The second-order valence-electron chi connectivity index (χ2n) is 4.88. The van der Waals surface area contributed by atoms with Crippen molar-refractivity contribution in [2.75, 3.05) is 18.4 Å². The molecule has 1 aliphatic rings. The first-order valence-corrected chi connectivity index (χ1v) is 6.62. The van der Waals surface area contributed by atoms with Crippen LogP contribution in [0, 0.1) is 10.1 Å². The lowest BCUT2D eigenvalue weighted by molar-refractivity contribution is -0.383. The largest absolute Gasteiger partial charge is 0.465 e. The standard InChI is InChI=1S/C14H15N3O5/c1-9(18)15-12-3-2-11(8-13(12)17(21)22)10-4-6-16(7-5-10)14(19)20/h2-4,8H,5-7H2,1H3,(H,15,18)(H,19,20). The van der Waals surface area contributed by atoms with Crippen molar-refractivity contribution in [1.29, 1.82) is 0 Å². The normalized spacial score (nSPS) is 14.2. The van der Waals surface area contributed by atoms with Crippen LogP contribution in [0.3, 0.4) is 0 Å². The van der Waals surface area contributed by atoms with Crippen LogP contribution in [-0.4, -0.2) is 40.0 Å². The van der Waals surface area contributed by atoms with Crippen LogP contribution in [0.5, 0.6) is 0 Å². The lowest BCUT2D eigenvalue weighted by Crippen LogP contribution is -2.33. The van der Waals surface area contributed by atoms with Gasteiger partial charge in [0.05, 0.1) is 4.92 Å². The average molecular weight is 305 g/mol. The molecule has 1 aliphatic heterocycles. The van der Waals surface area contributed by atoms with E-state index in [0.29, 0.717) is 18.5 Å². The van der Waals surface area contributed by atoms with Crippen molar-refractivity contribution in [2.45, 2.75) is 13.3 Å². The summed E-state index contributed by atoms with van der Waals surface area (Å²) in [7, 11) is 0. The Hall–Kier alpha value is -2.90. The zero-order valence-electron chi connectivity index (χ0n) is 11.9. The average Bonchev–Trinajstić information content (AvgIpc) is 2.47. The summed E-state index contributed by atoms with van der Waals surface area (Å²) in [6.07, 6.45) is 1.25. The van der Waals surface area contributed by atoms with Crippen molar-refractivity contribution in [3.05, 3.63) is 40.0 Å². The van der Waals surface area contributed by atoms with Gasteiger partial charge in [0, 0.05) is 26.1 Å². The van der Waals surface area contributed by atoms with Crippen molar-refractivity contribution in [3.63, 3.8) is 0 Å². The number of amides is 2. The van der Waals surface area contributed by atoms with Gasteiger partial charge in [-0.25, -0.2) is 4.79 Å². The van der Waals surface area contributed by atoms with E-state index in [0.717, 1.165) is 5.57 Å². The lowest BCUT2D eigenvalue weighted by atomic mass is 9.98. The highest BCUT2D eigenvalue weighted by Gasteiger charge is 2.20. The molecule has 22 heavy (non-hydrogen) atoms. The van der Waals surface area contributed by atoms with Gasteiger partial charge in [-0.3, -0.25) is 14.9 Å². The first kappa shape index (κ1) is 15.5. The highest BCUT2D eigenvalue weighted by atomic mass is 16.6. The molecule has 0 aliphatic carbocycles. The molecular formula is C14H15N3O5. The third-order valence-electron chi connectivity index (χ3n) is 3.36. The van der Waals surface area contributed by atoms with Gasteiger partial charge in [0.2, 0.25) is 5.91 Å². The molecule has 0 fully saturated rings. The molecule has 8 nitrogen and oxygen atoms in total. The number of carbonyl (C=O) groups is 2. The molecule has 1 aromatic carbocycles. The molecule has 2 rings (SSSR count). The minimum Gasteiger partial charge on any atom is -0.465 e. The fraction of sp³-hybridized carbons (Fsp3) is 0.286. The fourth-order valence-corrected chi connectivity index (χ4v) is 2.28. The molecule has 2 amide bonds. The summed E-state index contributed by atoms with van der Waals surface area (Å²) >= 11 is 0. The number of hydrogen-bond donors (Lipinski definition) is 2. The molecule has 1 heterocycles. The van der Waals surface area contributed by atoms with E-state index >= 15 is 0 Å². The first-order valence-electron chi connectivity index (χ1n) is 6.62. The molecule has 1 aromatic rings. The Morgan fingerprint density at radius 3 is 2.64 bits per heavy atom. The molecule has 0 atom stereocenters. The molecule has 8 heteroatoms. The number of anilines is 1. The second-order valence-corrected chi connectivity index (χ2v) is 4.88. The Bertz CT molecular complexity index is 668. The Balaban J connectivity index is 2.30. The predicted octanol–water partition coefficient (Wildman–Crippen LogP) is 2.32. The molecule has 0 saturated carbocycles. The third-order valence-corrected chi connectivity index (χ3v) is 3.36. The quantitative estimate of drug-likeness (QED) is 0.657. The van der Waals surface area contributed by atoms with Crippen molar-refractivity contribution in [2.24, 2.45) is 0 Å². The summed E-state index contributed by atoms with van der Waals surface area (Å²) < 4.78 is 0. The van der Waals surface area contributed by atoms with Gasteiger partial charge in [-0.1, -0.05) is 12.1 Å². The maximum atomic E-state index is 11.1. The number of nitro groups is 1. The van der Waals surface area contributed by atoms with Crippen LogP contribution in [-0.2, 0) is 4.79 Å². The topological polar surface area (TPSA) is 113 Å². The summed E-state index contributed by atoms with van der Waals surface area (Å²) in [6.45, 7) is 1.89. The molecule has 116 valence electrons. The lowest BCUT2D eigenvalue weighted by Gasteiger charge is -2.23. The summed E-state index contributed by atoms with van der Waals surface area (Å²) in [6, 6.07) is 4.56. The molecule has 0 saturated heterocycles. The Labute approximate surface area is 126 Å². The highest BCUT2D eigenvalue weighted by Crippen LogP contribution is 2.31. The van der Waals surface area contributed by atoms with Gasteiger partial charge < -0.3 is 15.3 Å². The minimum absolute atomic E-state index is 0.143. The molecule has 0 aromatic heterocycles. The molecular weight excluding hydrogens is 290 g/mol. The van der Waals surface area contributed by atoms with Crippen LogP contribution >= 0.6 is 0 Å². The summed E-state index contributed by atoms with van der Waals surface area (Å²) in [5.74, 6) is -0.384. The van der Waals surface area contributed by atoms with E-state index in [9.17, 15) is 19.7 Å². The second kappa shape index (κ2) is 6.25. The van der Waals surface area contributed by atoms with Crippen LogP contribution in [0.4, 0.5) is 16.2 Å². The van der Waals surface area contributed by atoms with Gasteiger partial charge in [0.15, 0.2) is 0 Å². The number of benzene rings is 1. The van der Waals surface area contributed by atoms with Gasteiger partial charge in [-0.05, 0) is 23.6 Å². The number of rotatable bonds is 3. The predicted molar refractivity (Wildman–Crippen MR) is 79.6 cm³/mol. The van der Waals surface area contributed by atoms with Gasteiger partial charge in [-0.15, -0.1) is 0 Å². The highest BCUT2D eigenvalue weighted by molar-refractivity contribution is 5.92. The van der Waals surface area contributed by atoms with Gasteiger partial charge in [0.1, 0.15) is 5.69 Å². The molecule has 0 bridgehead atoms. The van der Waals surface area contributed by atoms with Crippen LogP contribution < -0.4 is 5.32 Å². The van der Waals surface area contributed by atoms with Crippen molar-refractivity contribution in [3.8, 4) is 0 Å². The van der Waals surface area contributed by atoms with E-state index < -0.39 is 11.0 Å². The molecule has 0 unspecified atom stereocenters. The number of carboxylic acid groups (broad SMARTS) is 1. The smallest absolute Gasteiger partial charge is 0.407 e. The number of carbonyl (C=O) groups excluding carboxylic acids is 1. The van der Waals surface area contributed by atoms with Crippen LogP contribution in [0.2, 0.25) is 0 Å². The van der Waals surface area contributed by atoms with Crippen LogP contribution in [0.25, 0.3) is 5.57 Å². The monoisotopic (exact) mass is 305 g/mol. The molecule has 2 N–H and O–H groups in total. The maximum Gasteiger partial charge on any atom is 0.407 e. The van der Waals surface area contributed by atoms with Gasteiger partial charge in [0.25, 0.3) is 5.69 Å². The Morgan fingerprint density at radius 2 is 2.14 bits per heavy atom. The van der Waals surface area contributed by atoms with E-state index in [1.54, 1.807) is 12.1 Å². The van der Waals surface area contributed by atoms with Crippen LogP contribution in [0.1, 0.15) is 18.9 Å². The van der Waals surface area contributed by atoms with Crippen LogP contribution in [0.15, 0.2) is 24.3 Å². The van der Waals surface area contributed by atoms with Crippen molar-refractivity contribution < 1.29 is 19.6 Å². The summed E-state index contributed by atoms with van der Waals surface area (Å²) in [5.41, 5.74) is 1.47. The van der Waals surface area contributed by atoms with Gasteiger partial charge >= 0.3 is 6.09 Å². The number of hydrogen-bond acceptors (Lipinski definition) is 4. The fourth-order valence-electron chi connectivity index (χ4n) is 2.28. The van der Waals surface area contributed by atoms with Crippen molar-refractivity contribution in [1.82, 2.24) is 4.90 Å². The van der Waals surface area contributed by atoms with E-state index in [-0.39, 0.29) is 23.8 Å². The third kappa shape index (κ3) is 3.40. The van der Waals surface area contributed by atoms with E-state index in [1.807, 2.05) is 0 Å². The molecule has 0 radical (unpaired) electrons. The zero-order valence-corrected chi connectivity index (χ0v) is 11.9. The van der Waals surface area contributed by atoms with E-state index in [2.05, 4.69) is 5.32 Å². The maximum absolute atomic E-state index is 11.1. The molecule has 0 spiro atoms. The number of nitro benzene ring substituents is 1. The Morgan fingerprint density at radius 1 is 1.41 bits per heavy atom.